The van der Waals surface area contributed by atoms with Gasteiger partial charge in [0.25, 0.3) is 0 Å². The molecule has 2 rings (SSSR count). The summed E-state index contributed by atoms with van der Waals surface area (Å²) in [6, 6.07) is 6.00. The molecule has 1 unspecified atom stereocenters. The minimum atomic E-state index is -3.73. The van der Waals surface area contributed by atoms with E-state index in [0.717, 1.165) is 0 Å². The fourth-order valence-electron chi connectivity index (χ4n) is 1.92. The van der Waals surface area contributed by atoms with E-state index in [1.165, 1.54) is 18.2 Å². The number of ether oxygens (including phenoxy) is 1. The molecule has 1 saturated heterocycles. The summed E-state index contributed by atoms with van der Waals surface area (Å²) in [6.45, 7) is 2.65. The normalized spacial score (nSPS) is 23.2. The Morgan fingerprint density at radius 1 is 1.53 bits per heavy atom. The summed E-state index contributed by atoms with van der Waals surface area (Å²) in [7, 11) is -3.73. The van der Waals surface area contributed by atoms with Crippen LogP contribution in [0.3, 0.4) is 0 Å². The molecular formula is C12H13ClN2O3S. The van der Waals surface area contributed by atoms with Gasteiger partial charge < -0.3 is 4.74 Å². The molecule has 102 valence electrons. The van der Waals surface area contributed by atoms with E-state index in [-0.39, 0.29) is 9.92 Å². The molecule has 1 aromatic carbocycles. The van der Waals surface area contributed by atoms with Gasteiger partial charge in [-0.15, -0.1) is 0 Å². The highest BCUT2D eigenvalue weighted by Crippen LogP contribution is 2.26. The molecule has 19 heavy (non-hydrogen) atoms. The van der Waals surface area contributed by atoms with Gasteiger partial charge in [0.05, 0.1) is 28.8 Å². The molecule has 1 heterocycles. The maximum atomic E-state index is 12.3. The third-order valence-electron chi connectivity index (χ3n) is 2.95. The number of nitriles is 1. The first-order chi connectivity index (χ1) is 8.86. The van der Waals surface area contributed by atoms with Gasteiger partial charge in [-0.2, -0.15) is 5.26 Å². The van der Waals surface area contributed by atoms with Crippen LogP contribution < -0.4 is 4.72 Å². The summed E-state index contributed by atoms with van der Waals surface area (Å²) in [5.74, 6) is 0. The summed E-state index contributed by atoms with van der Waals surface area (Å²) in [5.41, 5.74) is -0.296. The van der Waals surface area contributed by atoms with Crippen LogP contribution in [0.15, 0.2) is 23.1 Å². The van der Waals surface area contributed by atoms with Crippen molar-refractivity contribution in [2.75, 3.05) is 13.2 Å². The van der Waals surface area contributed by atoms with Crippen molar-refractivity contribution in [1.82, 2.24) is 4.72 Å². The zero-order valence-corrected chi connectivity index (χ0v) is 11.9. The number of hydrogen-bond acceptors (Lipinski definition) is 4. The molecule has 1 fully saturated rings. The number of rotatable bonds is 3. The van der Waals surface area contributed by atoms with E-state index < -0.39 is 15.6 Å². The zero-order valence-electron chi connectivity index (χ0n) is 10.3. The second kappa shape index (κ2) is 5.10. The van der Waals surface area contributed by atoms with Crippen molar-refractivity contribution < 1.29 is 13.2 Å². The Morgan fingerprint density at radius 3 is 2.79 bits per heavy atom. The molecule has 1 aliphatic heterocycles. The molecule has 0 spiro atoms. The lowest BCUT2D eigenvalue weighted by Crippen LogP contribution is -2.46. The Bertz CT molecular complexity index is 631. The highest BCUT2D eigenvalue weighted by molar-refractivity contribution is 7.89. The van der Waals surface area contributed by atoms with Crippen molar-refractivity contribution in [3.05, 3.63) is 28.8 Å². The molecular weight excluding hydrogens is 288 g/mol. The van der Waals surface area contributed by atoms with Gasteiger partial charge in [-0.1, -0.05) is 11.6 Å². The first kappa shape index (κ1) is 14.3. The van der Waals surface area contributed by atoms with Crippen LogP contribution >= 0.6 is 11.6 Å². The maximum absolute atomic E-state index is 12.3. The second-order valence-corrected chi connectivity index (χ2v) is 6.78. The number of benzene rings is 1. The van der Waals surface area contributed by atoms with Crippen LogP contribution in [0.1, 0.15) is 18.9 Å². The summed E-state index contributed by atoms with van der Waals surface area (Å²) >= 11 is 5.92. The van der Waals surface area contributed by atoms with Crippen LogP contribution in [0.5, 0.6) is 0 Å². The largest absolute Gasteiger partial charge is 0.379 e. The quantitative estimate of drug-likeness (QED) is 0.921. The lowest BCUT2D eigenvalue weighted by molar-refractivity contribution is 0.178. The lowest BCUT2D eigenvalue weighted by Gasteiger charge is -2.23. The van der Waals surface area contributed by atoms with Crippen molar-refractivity contribution in [1.29, 1.82) is 5.26 Å². The molecule has 0 aromatic heterocycles. The van der Waals surface area contributed by atoms with Crippen molar-refractivity contribution in [3.63, 3.8) is 0 Å². The van der Waals surface area contributed by atoms with Gasteiger partial charge in [0.2, 0.25) is 10.0 Å². The number of nitrogens with zero attached hydrogens (tertiary/aromatic N) is 1. The van der Waals surface area contributed by atoms with Crippen LogP contribution in [0, 0.1) is 11.3 Å². The monoisotopic (exact) mass is 300 g/mol. The van der Waals surface area contributed by atoms with E-state index in [1.807, 2.05) is 6.07 Å². The first-order valence-electron chi connectivity index (χ1n) is 5.68. The van der Waals surface area contributed by atoms with Gasteiger partial charge in [0, 0.05) is 6.61 Å². The molecule has 0 saturated carbocycles. The molecule has 1 N–H and O–H groups in total. The van der Waals surface area contributed by atoms with Crippen molar-refractivity contribution in [3.8, 4) is 6.07 Å². The summed E-state index contributed by atoms with van der Waals surface area (Å²) < 4.78 is 32.4. The lowest BCUT2D eigenvalue weighted by atomic mass is 10.0. The molecule has 1 atom stereocenters. The molecule has 1 aliphatic rings. The Morgan fingerprint density at radius 2 is 2.26 bits per heavy atom. The third-order valence-corrected chi connectivity index (χ3v) is 5.07. The van der Waals surface area contributed by atoms with Crippen LogP contribution in [0.2, 0.25) is 5.02 Å². The highest BCUT2D eigenvalue weighted by Gasteiger charge is 2.35. The number of sulfonamides is 1. The molecule has 0 bridgehead atoms. The van der Waals surface area contributed by atoms with Crippen molar-refractivity contribution >= 4 is 21.6 Å². The molecule has 0 aliphatic carbocycles. The molecule has 1 aromatic rings. The topological polar surface area (TPSA) is 79.2 Å². The van der Waals surface area contributed by atoms with Crippen LogP contribution in [-0.4, -0.2) is 27.2 Å². The maximum Gasteiger partial charge on any atom is 0.242 e. The molecule has 7 heteroatoms. The SMILES string of the molecule is CC1(NS(=O)(=O)c2ccc(C#N)cc2Cl)CCOC1. The van der Waals surface area contributed by atoms with E-state index in [4.69, 9.17) is 21.6 Å². The number of halogens is 1. The standard InChI is InChI=1S/C12H13ClN2O3S/c1-12(4-5-18-8-12)15-19(16,17)11-3-2-9(7-14)6-10(11)13/h2-3,6,15H,4-5,8H2,1H3. The van der Waals surface area contributed by atoms with Crippen molar-refractivity contribution in [2.24, 2.45) is 0 Å². The predicted octanol–water partition coefficient (Wildman–Crippen LogP) is 1.67. The molecule has 0 radical (unpaired) electrons. The first-order valence-corrected chi connectivity index (χ1v) is 7.54. The Kier molecular flexibility index (Phi) is 3.83. The second-order valence-electron chi connectivity index (χ2n) is 4.73. The highest BCUT2D eigenvalue weighted by atomic mass is 35.5. The van der Waals surface area contributed by atoms with Gasteiger partial charge in [-0.05, 0) is 31.5 Å². The van der Waals surface area contributed by atoms with Gasteiger partial charge in [-0.3, -0.25) is 0 Å². The fraction of sp³-hybridized carbons (Fsp3) is 0.417. The van der Waals surface area contributed by atoms with Gasteiger partial charge in [0.1, 0.15) is 4.90 Å². The third kappa shape index (κ3) is 3.07. The minimum absolute atomic E-state index is 0.0266. The molecule has 5 nitrogen and oxygen atoms in total. The van der Waals surface area contributed by atoms with Gasteiger partial charge in [0.15, 0.2) is 0 Å². The summed E-state index contributed by atoms with van der Waals surface area (Å²) in [4.78, 5) is -0.0266. The number of hydrogen-bond donors (Lipinski definition) is 1. The average Bonchev–Trinajstić information content (AvgIpc) is 2.74. The van der Waals surface area contributed by atoms with Crippen molar-refractivity contribution in [2.45, 2.75) is 23.8 Å². The van der Waals surface area contributed by atoms with E-state index >= 15 is 0 Å². The minimum Gasteiger partial charge on any atom is -0.379 e. The zero-order chi connectivity index (χ0) is 14.1. The van der Waals surface area contributed by atoms with Crippen LogP contribution in [-0.2, 0) is 14.8 Å². The summed E-state index contributed by atoms with van der Waals surface area (Å²) in [6.07, 6.45) is 0.611. The number of nitrogens with one attached hydrogen (secondary N) is 1. The Hall–Kier alpha value is -1.13. The predicted molar refractivity (Wildman–Crippen MR) is 70.3 cm³/mol. The Balaban J connectivity index is 2.32. The van der Waals surface area contributed by atoms with Gasteiger partial charge in [-0.25, -0.2) is 13.1 Å². The van der Waals surface area contributed by atoms with E-state index in [1.54, 1.807) is 6.92 Å². The molecule has 0 amide bonds. The summed E-state index contributed by atoms with van der Waals surface area (Å²) in [5, 5.41) is 8.77. The smallest absolute Gasteiger partial charge is 0.242 e. The van der Waals surface area contributed by atoms with E-state index in [0.29, 0.717) is 25.2 Å². The average molecular weight is 301 g/mol. The Labute approximate surface area is 117 Å². The van der Waals surface area contributed by atoms with E-state index in [2.05, 4.69) is 4.72 Å². The van der Waals surface area contributed by atoms with E-state index in [9.17, 15) is 8.42 Å². The van der Waals surface area contributed by atoms with Gasteiger partial charge >= 0.3 is 0 Å². The van der Waals surface area contributed by atoms with Crippen LogP contribution in [0.4, 0.5) is 0 Å². The van der Waals surface area contributed by atoms with Crippen LogP contribution in [0.25, 0.3) is 0 Å². The fourth-order valence-corrected chi connectivity index (χ4v) is 3.88.